The van der Waals surface area contributed by atoms with E-state index >= 15 is 0 Å². The van der Waals surface area contributed by atoms with Gasteiger partial charge in [-0.3, -0.25) is 4.79 Å². The Morgan fingerprint density at radius 3 is 2.48 bits per heavy atom. The third-order valence-electron chi connectivity index (χ3n) is 10.6. The van der Waals surface area contributed by atoms with Crippen LogP contribution in [0.15, 0.2) is 54.7 Å². The number of rotatable bonds is 15. The minimum Gasteiger partial charge on any atom is -0.495 e. The average molecular weight is 711 g/mol. The minimum atomic E-state index is -1.07. The zero-order chi connectivity index (χ0) is 36.6. The van der Waals surface area contributed by atoms with Crippen molar-refractivity contribution in [1.29, 1.82) is 0 Å². The molecular weight excluding hydrogens is 656 g/mol. The molecule has 1 amide bonds. The van der Waals surface area contributed by atoms with E-state index < -0.39 is 12.1 Å². The van der Waals surface area contributed by atoms with Gasteiger partial charge in [0.2, 0.25) is 11.9 Å². The van der Waals surface area contributed by atoms with Gasteiger partial charge in [0.25, 0.3) is 0 Å². The Hall–Kier alpha value is -4.64. The fourth-order valence-electron chi connectivity index (χ4n) is 7.75. The van der Waals surface area contributed by atoms with Gasteiger partial charge in [-0.2, -0.15) is 4.98 Å². The normalized spacial score (nSPS) is 18.8. The topological polar surface area (TPSA) is 129 Å². The Morgan fingerprint density at radius 2 is 1.79 bits per heavy atom. The van der Waals surface area contributed by atoms with Crippen LogP contribution in [0.1, 0.15) is 102 Å². The summed E-state index contributed by atoms with van der Waals surface area (Å²) in [6.45, 7) is 4.17. The van der Waals surface area contributed by atoms with E-state index in [0.717, 1.165) is 110 Å². The number of esters is 1. The van der Waals surface area contributed by atoms with Crippen LogP contribution in [0.4, 0.5) is 28.8 Å². The second-order valence-electron chi connectivity index (χ2n) is 14.2. The van der Waals surface area contributed by atoms with Gasteiger partial charge in [-0.1, -0.05) is 51.0 Å². The van der Waals surface area contributed by atoms with Gasteiger partial charge in [0.15, 0.2) is 11.9 Å². The number of carbonyl (C=O) groups is 2. The number of amides is 1. The minimum absolute atomic E-state index is 0.0298. The third-order valence-corrected chi connectivity index (χ3v) is 10.6. The van der Waals surface area contributed by atoms with Crippen LogP contribution in [-0.4, -0.2) is 65.4 Å². The number of hydrogen-bond acceptors (Lipinski definition) is 10. The molecule has 2 heterocycles. The monoisotopic (exact) mass is 710 g/mol. The van der Waals surface area contributed by atoms with Crippen LogP contribution in [0.5, 0.6) is 5.75 Å². The summed E-state index contributed by atoms with van der Waals surface area (Å²) in [5, 5.41) is 17.2. The summed E-state index contributed by atoms with van der Waals surface area (Å²) in [6, 6.07) is 14.3. The van der Waals surface area contributed by atoms with Crippen molar-refractivity contribution in [3.8, 4) is 5.75 Å². The molecule has 0 bridgehead atoms. The summed E-state index contributed by atoms with van der Waals surface area (Å²) in [5.74, 6) is 1.51. The molecule has 2 fully saturated rings. The van der Waals surface area contributed by atoms with E-state index in [2.05, 4.69) is 52.6 Å². The van der Waals surface area contributed by atoms with E-state index in [0.29, 0.717) is 30.6 Å². The lowest BCUT2D eigenvalue weighted by atomic mass is 10.0. The molecule has 11 nitrogen and oxygen atoms in total. The van der Waals surface area contributed by atoms with Gasteiger partial charge in [0, 0.05) is 30.0 Å². The largest absolute Gasteiger partial charge is 0.495 e. The number of allylic oxidation sites excluding steroid dienone is 1. The number of aliphatic hydroxyl groups excluding tert-OH is 1. The van der Waals surface area contributed by atoms with Crippen molar-refractivity contribution >= 4 is 46.4 Å². The number of anilines is 5. The smallest absolute Gasteiger partial charge is 0.335 e. The third kappa shape index (κ3) is 8.52. The van der Waals surface area contributed by atoms with Crippen molar-refractivity contribution in [2.75, 3.05) is 34.6 Å². The van der Waals surface area contributed by atoms with E-state index in [-0.39, 0.29) is 18.1 Å². The zero-order valence-electron chi connectivity index (χ0n) is 31.1. The lowest BCUT2D eigenvalue weighted by Crippen LogP contribution is -2.55. The highest BCUT2D eigenvalue weighted by Gasteiger charge is 2.41. The molecule has 3 aliphatic rings. The SMILES string of the molecule is CCC=C(Nc1ccc(CCCC(O)C(=O)OC2CCCC2)cc1)c1ccc(Nc2ncc3c(n2)N(C2CCCC2)C(CC)C(=O)N3C)c(OC)c1. The molecule has 1 aromatic heterocycles. The first kappa shape index (κ1) is 37.1. The molecule has 0 radical (unpaired) electrons. The van der Waals surface area contributed by atoms with Crippen LogP contribution in [-0.2, 0) is 20.7 Å². The number of aromatic nitrogens is 2. The number of aliphatic hydroxyl groups is 1. The highest BCUT2D eigenvalue weighted by atomic mass is 16.6. The molecule has 11 heteroatoms. The standard InChI is InChI=1S/C41H54N6O5/c1-5-12-32(43-29-22-19-27(20-23-29)13-11-18-36(48)40(50)52-31-16-9-10-17-31)28-21-24-33(37(25-28)51-4)44-41-42-26-35-38(45-41)47(30-14-7-8-15-30)34(6-2)39(49)46(35)3/h12,19-26,30-31,34,36,43,48H,5-11,13-18H2,1-4H3,(H,42,44,45). The van der Waals surface area contributed by atoms with Crippen LogP contribution >= 0.6 is 0 Å². The Kier molecular flexibility index (Phi) is 12.3. The summed E-state index contributed by atoms with van der Waals surface area (Å²) in [5.41, 5.74) is 5.49. The summed E-state index contributed by atoms with van der Waals surface area (Å²) in [7, 11) is 3.46. The van der Waals surface area contributed by atoms with Crippen molar-refractivity contribution in [1.82, 2.24) is 9.97 Å². The van der Waals surface area contributed by atoms with Gasteiger partial charge in [-0.05, 0) is 100 Å². The van der Waals surface area contributed by atoms with Gasteiger partial charge in [-0.15, -0.1) is 0 Å². The van der Waals surface area contributed by atoms with Gasteiger partial charge < -0.3 is 35.0 Å². The number of methoxy groups -OCH3 is 1. The molecule has 1 aliphatic heterocycles. The van der Waals surface area contributed by atoms with Crippen LogP contribution in [0, 0.1) is 0 Å². The van der Waals surface area contributed by atoms with Crippen molar-refractivity contribution in [3.05, 3.63) is 65.9 Å². The molecule has 2 aliphatic carbocycles. The Balaban J connectivity index is 1.11. The summed E-state index contributed by atoms with van der Waals surface area (Å²) in [4.78, 5) is 39.1. The van der Waals surface area contributed by atoms with E-state index in [1.165, 1.54) is 0 Å². The van der Waals surface area contributed by atoms with E-state index in [1.54, 1.807) is 18.2 Å². The Bertz CT molecular complexity index is 1720. The van der Waals surface area contributed by atoms with Crippen LogP contribution in [0.2, 0.25) is 0 Å². The average Bonchev–Trinajstić information content (AvgIpc) is 3.89. The predicted molar refractivity (Wildman–Crippen MR) is 206 cm³/mol. The van der Waals surface area contributed by atoms with Crippen LogP contribution in [0.3, 0.4) is 0 Å². The molecule has 0 spiro atoms. The first-order valence-electron chi connectivity index (χ1n) is 19.1. The number of nitrogens with zero attached hydrogens (tertiary/aromatic N) is 4. The summed E-state index contributed by atoms with van der Waals surface area (Å²) in [6.07, 6.45) is 14.6. The molecule has 2 atom stereocenters. The van der Waals surface area contributed by atoms with E-state index in [4.69, 9.17) is 14.5 Å². The van der Waals surface area contributed by atoms with Gasteiger partial charge in [0.05, 0.1) is 19.0 Å². The number of hydrogen-bond donors (Lipinski definition) is 3. The number of carbonyl (C=O) groups excluding carboxylic acids is 2. The summed E-state index contributed by atoms with van der Waals surface area (Å²) >= 11 is 0. The van der Waals surface area contributed by atoms with Crippen LogP contribution in [0.25, 0.3) is 5.70 Å². The van der Waals surface area contributed by atoms with Crippen molar-refractivity contribution in [3.63, 3.8) is 0 Å². The molecular formula is C41H54N6O5. The maximum atomic E-state index is 13.3. The molecule has 278 valence electrons. The zero-order valence-corrected chi connectivity index (χ0v) is 31.1. The maximum Gasteiger partial charge on any atom is 0.335 e. The number of ether oxygens (including phenoxy) is 2. The molecule has 6 rings (SSSR count). The predicted octanol–water partition coefficient (Wildman–Crippen LogP) is 7.77. The molecule has 2 unspecified atom stereocenters. The quantitative estimate of drug-likeness (QED) is 0.135. The highest BCUT2D eigenvalue weighted by Crippen LogP contribution is 2.40. The lowest BCUT2D eigenvalue weighted by Gasteiger charge is -2.43. The summed E-state index contributed by atoms with van der Waals surface area (Å²) < 4.78 is 11.3. The number of nitrogens with one attached hydrogen (secondary N) is 2. The Labute approximate surface area is 307 Å². The van der Waals surface area contributed by atoms with Crippen molar-refractivity contribution in [2.24, 2.45) is 0 Å². The molecule has 3 N–H and O–H groups in total. The molecule has 2 saturated carbocycles. The van der Waals surface area contributed by atoms with Gasteiger partial charge in [0.1, 0.15) is 23.6 Å². The van der Waals surface area contributed by atoms with Gasteiger partial charge >= 0.3 is 5.97 Å². The van der Waals surface area contributed by atoms with E-state index in [9.17, 15) is 14.7 Å². The first-order chi connectivity index (χ1) is 25.3. The highest BCUT2D eigenvalue weighted by molar-refractivity contribution is 6.04. The van der Waals surface area contributed by atoms with Crippen molar-refractivity contribution in [2.45, 2.75) is 122 Å². The maximum absolute atomic E-state index is 13.3. The van der Waals surface area contributed by atoms with Gasteiger partial charge in [-0.25, -0.2) is 9.78 Å². The number of aryl methyl sites for hydroxylation is 1. The second-order valence-corrected chi connectivity index (χ2v) is 14.2. The molecule has 52 heavy (non-hydrogen) atoms. The van der Waals surface area contributed by atoms with Crippen molar-refractivity contribution < 1.29 is 24.2 Å². The fourth-order valence-corrected chi connectivity index (χ4v) is 7.75. The Morgan fingerprint density at radius 1 is 1.06 bits per heavy atom. The number of benzene rings is 2. The van der Waals surface area contributed by atoms with Crippen LogP contribution < -0.4 is 25.2 Å². The lowest BCUT2D eigenvalue weighted by molar-refractivity contribution is -0.159. The number of fused-ring (bicyclic) bond motifs is 1. The molecule has 3 aromatic rings. The molecule has 0 saturated heterocycles. The second kappa shape index (κ2) is 17.3. The van der Waals surface area contributed by atoms with E-state index in [1.807, 2.05) is 37.4 Å². The number of likely N-dealkylation sites (N-methyl/N-ethyl adjacent to an activating group) is 1. The fraction of sp³-hybridized carbons (Fsp3) is 0.512. The molecule has 2 aromatic carbocycles. The first-order valence-corrected chi connectivity index (χ1v) is 19.1.